The molecule has 0 radical (unpaired) electrons. The van der Waals surface area contributed by atoms with Gasteiger partial charge in [-0.3, -0.25) is 9.36 Å². The molecule has 6 rings (SSSR count). The van der Waals surface area contributed by atoms with Crippen LogP contribution in [-0.2, 0) is 11.8 Å². The second kappa shape index (κ2) is 10.5. The first kappa shape index (κ1) is 25.7. The van der Waals surface area contributed by atoms with E-state index in [-0.39, 0.29) is 17.7 Å². The minimum atomic E-state index is -0.143. The number of aromatic nitrogens is 8. The third-order valence-electron chi connectivity index (χ3n) is 6.98. The van der Waals surface area contributed by atoms with Crippen molar-refractivity contribution in [2.24, 2.45) is 7.05 Å². The number of rotatable bonds is 6. The van der Waals surface area contributed by atoms with E-state index in [9.17, 15) is 4.79 Å². The van der Waals surface area contributed by atoms with Gasteiger partial charge in [-0.2, -0.15) is 4.98 Å². The van der Waals surface area contributed by atoms with E-state index in [0.29, 0.717) is 41.0 Å². The largest absolute Gasteiger partial charge is 0.371 e. The molecule has 12 heteroatoms. The van der Waals surface area contributed by atoms with E-state index in [0.717, 1.165) is 35.3 Å². The lowest BCUT2D eigenvalue weighted by Gasteiger charge is -2.24. The Hall–Kier alpha value is -4.55. The Morgan fingerprint density at radius 1 is 1.10 bits per heavy atom. The number of nitrogens with zero attached hydrogens (tertiary/aromatic N) is 8. The van der Waals surface area contributed by atoms with Crippen LogP contribution in [0.2, 0.25) is 0 Å². The van der Waals surface area contributed by atoms with Gasteiger partial charge < -0.3 is 15.4 Å². The minimum absolute atomic E-state index is 0.0493. The number of aryl methyl sites for hydroxylation is 2. The summed E-state index contributed by atoms with van der Waals surface area (Å²) in [6.45, 7) is 8.19. The first-order valence-electron chi connectivity index (χ1n) is 13.2. The highest BCUT2D eigenvalue weighted by molar-refractivity contribution is 5.82. The number of tetrazole rings is 1. The van der Waals surface area contributed by atoms with Crippen molar-refractivity contribution >= 4 is 22.7 Å². The number of hydrogen-bond acceptors (Lipinski definition) is 10. The average molecular weight is 539 g/mol. The van der Waals surface area contributed by atoms with E-state index in [1.165, 1.54) is 0 Å². The molecule has 1 fully saturated rings. The van der Waals surface area contributed by atoms with Crippen LogP contribution in [0.5, 0.6) is 0 Å². The van der Waals surface area contributed by atoms with Gasteiger partial charge in [0, 0.05) is 60.3 Å². The lowest BCUT2D eigenvalue weighted by Crippen LogP contribution is -2.33. The molecule has 1 aromatic carbocycles. The van der Waals surface area contributed by atoms with E-state index >= 15 is 0 Å². The molecule has 204 valence electrons. The zero-order chi connectivity index (χ0) is 27.8. The van der Waals surface area contributed by atoms with Gasteiger partial charge in [0.1, 0.15) is 11.3 Å². The molecule has 4 aromatic heterocycles. The summed E-state index contributed by atoms with van der Waals surface area (Å²) in [6.07, 6.45) is 1.79. The predicted octanol–water partition coefficient (Wildman–Crippen LogP) is 3.34. The van der Waals surface area contributed by atoms with Crippen molar-refractivity contribution in [3.05, 3.63) is 70.3 Å². The van der Waals surface area contributed by atoms with Crippen molar-refractivity contribution < 1.29 is 4.74 Å². The van der Waals surface area contributed by atoms with Gasteiger partial charge in [-0.25, -0.2) is 14.6 Å². The number of benzene rings is 1. The molecule has 1 aliphatic heterocycles. The zero-order valence-electron chi connectivity index (χ0n) is 22.8. The van der Waals surface area contributed by atoms with Crippen LogP contribution in [0, 0.1) is 6.92 Å². The van der Waals surface area contributed by atoms with Crippen molar-refractivity contribution in [2.75, 3.05) is 25.0 Å². The summed E-state index contributed by atoms with van der Waals surface area (Å²) in [4.78, 5) is 27.8. The fourth-order valence-corrected chi connectivity index (χ4v) is 4.96. The van der Waals surface area contributed by atoms with Crippen LogP contribution in [0.25, 0.3) is 33.7 Å². The van der Waals surface area contributed by atoms with Crippen molar-refractivity contribution in [2.45, 2.75) is 32.9 Å². The molecule has 5 heterocycles. The third-order valence-corrected chi connectivity index (χ3v) is 6.98. The van der Waals surface area contributed by atoms with Gasteiger partial charge in [0.15, 0.2) is 5.82 Å². The Morgan fingerprint density at radius 2 is 1.93 bits per heavy atom. The highest BCUT2D eigenvalue weighted by atomic mass is 16.5. The first-order valence-corrected chi connectivity index (χ1v) is 13.2. The van der Waals surface area contributed by atoms with E-state index in [1.807, 2.05) is 63.2 Å². The van der Waals surface area contributed by atoms with Crippen molar-refractivity contribution in [1.82, 2.24) is 45.0 Å². The lowest BCUT2D eigenvalue weighted by molar-refractivity contribution is 0.0277. The van der Waals surface area contributed by atoms with E-state index < -0.39 is 0 Å². The Labute approximate surface area is 230 Å². The summed E-state index contributed by atoms with van der Waals surface area (Å²) < 4.78 is 9.10. The summed E-state index contributed by atoms with van der Waals surface area (Å²) in [5.41, 5.74) is 4.99. The number of pyridine rings is 2. The Bertz CT molecular complexity index is 1740. The van der Waals surface area contributed by atoms with Crippen molar-refractivity contribution in [1.29, 1.82) is 0 Å². The smallest absolute Gasteiger partial charge is 0.260 e. The molecule has 1 atom stereocenters. The maximum atomic E-state index is 13.8. The maximum Gasteiger partial charge on any atom is 0.260 e. The van der Waals surface area contributed by atoms with Crippen LogP contribution >= 0.6 is 0 Å². The van der Waals surface area contributed by atoms with E-state index in [1.54, 1.807) is 22.5 Å². The van der Waals surface area contributed by atoms with Gasteiger partial charge in [0.25, 0.3) is 5.56 Å². The standard InChI is InChI=1S/C28H30N10O2/c1-16(2)38-25-19(13-22(27(38)39)21-9-10-23(31-17(21)3)26-34-35-36-37(26)4)14-30-28(33-25)32-20-7-5-18(6-8-20)24-15-29-11-12-40-24/h5-10,13-14,16,24,29H,11-12,15H2,1-4H3,(H,30,32,33). The van der Waals surface area contributed by atoms with Crippen LogP contribution in [0.1, 0.15) is 37.3 Å². The second-order valence-electron chi connectivity index (χ2n) is 10.1. The van der Waals surface area contributed by atoms with Gasteiger partial charge in [-0.1, -0.05) is 18.2 Å². The molecule has 1 aliphatic rings. The van der Waals surface area contributed by atoms with Crippen LogP contribution < -0.4 is 16.2 Å². The Balaban J connectivity index is 1.34. The molecule has 1 saturated heterocycles. The summed E-state index contributed by atoms with van der Waals surface area (Å²) >= 11 is 0. The number of morpholine rings is 1. The van der Waals surface area contributed by atoms with Crippen LogP contribution in [-0.4, -0.2) is 59.4 Å². The fraction of sp³-hybridized carbons (Fsp3) is 0.321. The molecule has 1 unspecified atom stereocenters. The van der Waals surface area contributed by atoms with Crippen LogP contribution in [0.4, 0.5) is 11.6 Å². The maximum absolute atomic E-state index is 13.8. The predicted molar refractivity (Wildman–Crippen MR) is 151 cm³/mol. The molecular formula is C28H30N10O2. The molecule has 0 spiro atoms. The Morgan fingerprint density at radius 3 is 2.60 bits per heavy atom. The molecule has 12 nitrogen and oxygen atoms in total. The molecule has 0 aliphatic carbocycles. The number of fused-ring (bicyclic) bond motifs is 1. The lowest BCUT2D eigenvalue weighted by atomic mass is 10.0. The monoisotopic (exact) mass is 538 g/mol. The van der Waals surface area contributed by atoms with Gasteiger partial charge in [0.2, 0.25) is 5.95 Å². The molecule has 40 heavy (non-hydrogen) atoms. The highest BCUT2D eigenvalue weighted by Crippen LogP contribution is 2.27. The van der Waals surface area contributed by atoms with Gasteiger partial charge in [-0.15, -0.1) is 5.10 Å². The summed E-state index contributed by atoms with van der Waals surface area (Å²) in [5.74, 6) is 0.965. The van der Waals surface area contributed by atoms with Gasteiger partial charge >= 0.3 is 0 Å². The Kier molecular flexibility index (Phi) is 6.78. The molecule has 0 bridgehead atoms. The minimum Gasteiger partial charge on any atom is -0.371 e. The first-order chi connectivity index (χ1) is 19.4. The number of nitrogens with one attached hydrogen (secondary N) is 2. The topological polar surface area (TPSA) is 138 Å². The number of ether oxygens (including phenoxy) is 1. The summed E-state index contributed by atoms with van der Waals surface area (Å²) in [6, 6.07) is 13.5. The van der Waals surface area contributed by atoms with Crippen molar-refractivity contribution in [3.8, 4) is 22.6 Å². The normalized spacial score (nSPS) is 15.6. The zero-order valence-corrected chi connectivity index (χ0v) is 22.8. The molecule has 0 saturated carbocycles. The van der Waals surface area contributed by atoms with Crippen LogP contribution in [0.15, 0.2) is 53.5 Å². The fourth-order valence-electron chi connectivity index (χ4n) is 4.96. The van der Waals surface area contributed by atoms with Gasteiger partial charge in [0.05, 0.1) is 12.7 Å². The quantitative estimate of drug-likeness (QED) is 0.331. The average Bonchev–Trinajstić information content (AvgIpc) is 3.39. The SMILES string of the molecule is Cc1nc(-c2nnnn2C)ccc1-c1cc2cnc(Nc3ccc(C4CNCCO4)cc3)nc2n(C(C)C)c1=O. The molecule has 5 aromatic rings. The van der Waals surface area contributed by atoms with E-state index in [2.05, 4.69) is 36.1 Å². The molecular weight excluding hydrogens is 508 g/mol. The summed E-state index contributed by atoms with van der Waals surface area (Å²) in [7, 11) is 1.76. The van der Waals surface area contributed by atoms with Crippen LogP contribution in [0.3, 0.4) is 0 Å². The highest BCUT2D eigenvalue weighted by Gasteiger charge is 2.19. The third kappa shape index (κ3) is 4.82. The molecule has 0 amide bonds. The summed E-state index contributed by atoms with van der Waals surface area (Å²) in [5, 5.41) is 19.0. The molecule has 2 N–H and O–H groups in total. The van der Waals surface area contributed by atoms with Gasteiger partial charge in [-0.05, 0) is 61.0 Å². The number of hydrogen-bond donors (Lipinski definition) is 2. The second-order valence-corrected chi connectivity index (χ2v) is 10.1. The van der Waals surface area contributed by atoms with E-state index in [4.69, 9.17) is 9.72 Å². The van der Waals surface area contributed by atoms with Crippen molar-refractivity contribution in [3.63, 3.8) is 0 Å². The number of anilines is 2.